The Morgan fingerprint density at radius 3 is 2.33 bits per heavy atom. The molecule has 0 aliphatic heterocycles. The molecule has 0 saturated heterocycles. The first-order valence-corrected chi connectivity index (χ1v) is 6.57. The van der Waals surface area contributed by atoms with Crippen LogP contribution in [0.3, 0.4) is 0 Å². The van der Waals surface area contributed by atoms with Gasteiger partial charge in [-0.3, -0.25) is 0 Å². The molecule has 1 heterocycles. The van der Waals surface area contributed by atoms with Crippen LogP contribution in [0.15, 0.2) is 42.5 Å². The molecule has 1 aromatic heterocycles. The monoisotopic (exact) mass is 293 g/mol. The van der Waals surface area contributed by atoms with Crippen molar-refractivity contribution >= 4 is 30.0 Å². The molecular formula is C13H10GaN3O. The SMILES string of the molecule is Cc1ccc([O][Ga])c(-n2nc3ccccc3n2)c1. The van der Waals surface area contributed by atoms with E-state index < -0.39 is 0 Å². The Bertz CT molecular complexity index is 675. The van der Waals surface area contributed by atoms with E-state index in [1.54, 1.807) is 4.80 Å². The predicted octanol–water partition coefficient (Wildman–Crippen LogP) is 2.19. The van der Waals surface area contributed by atoms with Crippen molar-refractivity contribution in [2.45, 2.75) is 6.92 Å². The zero-order valence-electron chi connectivity index (χ0n) is 9.87. The number of hydrogen-bond donors (Lipinski definition) is 0. The number of aromatic nitrogens is 3. The average molecular weight is 294 g/mol. The fraction of sp³-hybridized carbons (Fsp3) is 0.0769. The Morgan fingerprint density at radius 2 is 1.72 bits per heavy atom. The molecule has 0 N–H and O–H groups in total. The van der Waals surface area contributed by atoms with E-state index in [-0.39, 0.29) is 0 Å². The van der Waals surface area contributed by atoms with Crippen LogP contribution in [0.1, 0.15) is 5.56 Å². The minimum absolute atomic E-state index is 0.793. The van der Waals surface area contributed by atoms with Gasteiger partial charge in [0.05, 0.1) is 0 Å². The molecule has 18 heavy (non-hydrogen) atoms. The van der Waals surface area contributed by atoms with E-state index in [0.29, 0.717) is 0 Å². The topological polar surface area (TPSA) is 39.9 Å². The summed E-state index contributed by atoms with van der Waals surface area (Å²) < 4.78 is 5.41. The van der Waals surface area contributed by atoms with Crippen LogP contribution in [0.2, 0.25) is 0 Å². The summed E-state index contributed by atoms with van der Waals surface area (Å²) in [7, 11) is 0. The van der Waals surface area contributed by atoms with E-state index in [1.807, 2.05) is 49.4 Å². The molecule has 0 aliphatic carbocycles. The summed E-state index contributed by atoms with van der Waals surface area (Å²) in [5.41, 5.74) is 3.79. The van der Waals surface area contributed by atoms with Crippen LogP contribution < -0.4 is 3.53 Å². The molecule has 5 heteroatoms. The van der Waals surface area contributed by atoms with Gasteiger partial charge in [0, 0.05) is 0 Å². The molecule has 2 radical (unpaired) electrons. The van der Waals surface area contributed by atoms with Crippen molar-refractivity contribution < 1.29 is 3.53 Å². The van der Waals surface area contributed by atoms with Crippen molar-refractivity contribution in [3.63, 3.8) is 0 Å². The maximum atomic E-state index is 5.41. The van der Waals surface area contributed by atoms with Crippen LogP contribution in [0.25, 0.3) is 16.7 Å². The second-order valence-corrected chi connectivity index (χ2v) is 4.56. The standard InChI is InChI=1S/C13H11N3O.Ga/c1-9-6-7-13(17)12(8-9)16-14-10-4-2-3-5-11(10)15-16;/h2-8,17H,1H3;/q;+1/p-1. The van der Waals surface area contributed by atoms with Gasteiger partial charge in [-0.05, 0) is 0 Å². The summed E-state index contributed by atoms with van der Waals surface area (Å²) in [5, 5.41) is 8.93. The third-order valence-corrected chi connectivity index (χ3v) is 3.28. The van der Waals surface area contributed by atoms with Crippen LogP contribution >= 0.6 is 0 Å². The summed E-state index contributed by atoms with van der Waals surface area (Å²) in [5.74, 6) is 0.793. The molecule has 0 fully saturated rings. The summed E-state index contributed by atoms with van der Waals surface area (Å²) in [6, 6.07) is 13.8. The summed E-state index contributed by atoms with van der Waals surface area (Å²) in [6.45, 7) is 2.04. The molecule has 0 bridgehead atoms. The van der Waals surface area contributed by atoms with Gasteiger partial charge in [0.2, 0.25) is 0 Å². The van der Waals surface area contributed by atoms with Crippen LogP contribution in [0.4, 0.5) is 0 Å². The molecule has 0 saturated carbocycles. The Kier molecular flexibility index (Phi) is 2.85. The van der Waals surface area contributed by atoms with Crippen molar-refractivity contribution in [1.82, 2.24) is 15.0 Å². The Morgan fingerprint density at radius 1 is 1.06 bits per heavy atom. The van der Waals surface area contributed by atoms with E-state index >= 15 is 0 Å². The summed E-state index contributed by atoms with van der Waals surface area (Å²) in [4.78, 5) is 1.63. The number of rotatable bonds is 2. The predicted molar refractivity (Wildman–Crippen MR) is 70.0 cm³/mol. The Labute approximate surface area is 115 Å². The van der Waals surface area contributed by atoms with Gasteiger partial charge in [-0.15, -0.1) is 0 Å². The second-order valence-electron chi connectivity index (χ2n) is 4.07. The normalized spacial score (nSPS) is 10.7. The Hall–Kier alpha value is -1.72. The van der Waals surface area contributed by atoms with Gasteiger partial charge in [-0.1, -0.05) is 0 Å². The molecule has 3 aromatic rings. The first-order chi connectivity index (χ1) is 8.78. The van der Waals surface area contributed by atoms with E-state index in [9.17, 15) is 0 Å². The van der Waals surface area contributed by atoms with Crippen LogP contribution in [0.5, 0.6) is 5.75 Å². The quantitative estimate of drug-likeness (QED) is 0.680. The fourth-order valence-electron chi connectivity index (χ4n) is 1.85. The molecular weight excluding hydrogens is 284 g/mol. The maximum absolute atomic E-state index is 5.41. The van der Waals surface area contributed by atoms with E-state index in [4.69, 9.17) is 3.53 Å². The first kappa shape index (κ1) is 11.4. The molecule has 0 amide bonds. The first-order valence-electron chi connectivity index (χ1n) is 5.58. The van der Waals surface area contributed by atoms with Crippen molar-refractivity contribution in [3.8, 4) is 11.4 Å². The van der Waals surface area contributed by atoms with Gasteiger partial charge >= 0.3 is 115 Å². The van der Waals surface area contributed by atoms with Crippen molar-refractivity contribution in [2.24, 2.45) is 0 Å². The zero-order valence-corrected chi connectivity index (χ0v) is 12.3. The fourth-order valence-corrected chi connectivity index (χ4v) is 2.27. The number of nitrogens with zero attached hydrogens (tertiary/aromatic N) is 3. The number of benzene rings is 2. The van der Waals surface area contributed by atoms with Gasteiger partial charge in [-0.25, -0.2) is 0 Å². The second kappa shape index (κ2) is 4.51. The molecule has 0 spiro atoms. The van der Waals surface area contributed by atoms with Crippen LogP contribution in [0, 0.1) is 6.92 Å². The van der Waals surface area contributed by atoms with E-state index in [0.717, 1.165) is 28.0 Å². The summed E-state index contributed by atoms with van der Waals surface area (Å²) in [6.07, 6.45) is 0. The van der Waals surface area contributed by atoms with Crippen molar-refractivity contribution in [1.29, 1.82) is 0 Å². The molecule has 86 valence electrons. The molecule has 0 atom stereocenters. The van der Waals surface area contributed by atoms with Crippen LogP contribution in [-0.4, -0.2) is 34.0 Å². The molecule has 4 nitrogen and oxygen atoms in total. The molecule has 0 aliphatic rings. The van der Waals surface area contributed by atoms with E-state index in [1.165, 1.54) is 19.0 Å². The molecule has 3 rings (SSSR count). The van der Waals surface area contributed by atoms with Gasteiger partial charge in [0.25, 0.3) is 0 Å². The van der Waals surface area contributed by atoms with Gasteiger partial charge in [0.1, 0.15) is 0 Å². The van der Waals surface area contributed by atoms with Crippen LogP contribution in [-0.2, 0) is 0 Å². The molecule has 2 aromatic carbocycles. The van der Waals surface area contributed by atoms with E-state index in [2.05, 4.69) is 10.2 Å². The van der Waals surface area contributed by atoms with Gasteiger partial charge < -0.3 is 0 Å². The average Bonchev–Trinajstić information content (AvgIpc) is 2.82. The molecule has 0 unspecified atom stereocenters. The number of aryl methyl sites for hydroxylation is 1. The van der Waals surface area contributed by atoms with Gasteiger partial charge in [-0.2, -0.15) is 0 Å². The number of hydrogen-bond acceptors (Lipinski definition) is 3. The number of fused-ring (bicyclic) bond motifs is 1. The third-order valence-electron chi connectivity index (χ3n) is 2.74. The van der Waals surface area contributed by atoms with Crippen molar-refractivity contribution in [2.75, 3.05) is 0 Å². The van der Waals surface area contributed by atoms with Crippen molar-refractivity contribution in [3.05, 3.63) is 48.0 Å². The zero-order chi connectivity index (χ0) is 12.5. The van der Waals surface area contributed by atoms with Gasteiger partial charge in [0.15, 0.2) is 0 Å². The third kappa shape index (κ3) is 1.91. The Balaban J connectivity index is 2.22. The minimum atomic E-state index is 0.793. The summed E-state index contributed by atoms with van der Waals surface area (Å²) >= 11 is 1.20.